The van der Waals surface area contributed by atoms with Crippen molar-refractivity contribution in [3.05, 3.63) is 91.6 Å². The molecule has 4 rings (SSSR count). The molecule has 2 aromatic rings. The second-order valence-corrected chi connectivity index (χ2v) is 7.33. The number of hydrogen-bond acceptors (Lipinski definition) is 5. The Bertz CT molecular complexity index is 1260. The molecule has 0 saturated carbocycles. The highest BCUT2D eigenvalue weighted by atomic mass is 32.1. The van der Waals surface area contributed by atoms with Gasteiger partial charge < -0.3 is 9.88 Å². The zero-order chi connectivity index (χ0) is 20.4. The van der Waals surface area contributed by atoms with E-state index in [4.69, 9.17) is 0 Å². The number of carbonyl (C=O) groups excluding carboxylic acids is 1. The van der Waals surface area contributed by atoms with Crippen LogP contribution in [0, 0.1) is 5.82 Å². The van der Waals surface area contributed by atoms with Crippen LogP contribution < -0.4 is 16.6 Å². The summed E-state index contributed by atoms with van der Waals surface area (Å²) in [4.78, 5) is 42.5. The molecule has 7 nitrogen and oxygen atoms in total. The maximum Gasteiger partial charge on any atom is 0.352 e. The van der Waals surface area contributed by atoms with Crippen molar-refractivity contribution in [2.75, 3.05) is 5.32 Å². The number of thiophene rings is 1. The lowest BCUT2D eigenvalue weighted by atomic mass is 10.2. The highest BCUT2D eigenvalue weighted by molar-refractivity contribution is 7.09. The first-order valence-electron chi connectivity index (χ1n) is 8.69. The molecule has 1 amide bonds. The summed E-state index contributed by atoms with van der Waals surface area (Å²) in [6.07, 6.45) is 1.56. The van der Waals surface area contributed by atoms with Gasteiger partial charge >= 0.3 is 5.69 Å². The first-order valence-corrected chi connectivity index (χ1v) is 9.57. The summed E-state index contributed by atoms with van der Waals surface area (Å²) in [7, 11) is 0. The van der Waals surface area contributed by atoms with Crippen LogP contribution >= 0.6 is 11.3 Å². The summed E-state index contributed by atoms with van der Waals surface area (Å²) >= 11 is 1.44. The first kappa shape index (κ1) is 18.8. The van der Waals surface area contributed by atoms with E-state index >= 15 is 0 Å². The molecule has 0 spiro atoms. The van der Waals surface area contributed by atoms with Crippen LogP contribution in [0.25, 0.3) is 11.4 Å². The number of nitrogens with zero attached hydrogens (tertiary/aromatic N) is 3. The Kier molecular flexibility index (Phi) is 5.05. The zero-order valence-electron chi connectivity index (χ0n) is 15.0. The molecule has 2 aliphatic heterocycles. The Morgan fingerprint density at radius 1 is 1.14 bits per heavy atom. The molecule has 0 bridgehead atoms. The number of halogens is 1. The Morgan fingerprint density at radius 3 is 2.76 bits per heavy atom. The molecule has 1 aromatic carbocycles. The predicted octanol–water partition coefficient (Wildman–Crippen LogP) is 2.40. The number of aromatic nitrogens is 3. The van der Waals surface area contributed by atoms with E-state index in [2.05, 4.69) is 10.3 Å². The Labute approximate surface area is 168 Å². The first-order chi connectivity index (χ1) is 14.0. The molecular weight excluding hydrogens is 395 g/mol. The lowest BCUT2D eigenvalue weighted by molar-refractivity contribution is -0.116. The van der Waals surface area contributed by atoms with Crippen LogP contribution in [-0.2, 0) is 17.9 Å². The Hall–Kier alpha value is -3.59. The molecule has 0 radical (unpaired) electrons. The number of pyridine rings is 1. The van der Waals surface area contributed by atoms with Crippen molar-refractivity contribution in [3.8, 4) is 11.4 Å². The normalized spacial score (nSPS) is 10.9. The van der Waals surface area contributed by atoms with Gasteiger partial charge in [0, 0.05) is 16.8 Å². The van der Waals surface area contributed by atoms with E-state index in [-0.39, 0.29) is 24.5 Å². The largest absolute Gasteiger partial charge is 0.352 e. The highest BCUT2D eigenvalue weighted by Crippen LogP contribution is 2.15. The maximum atomic E-state index is 13.3. The van der Waals surface area contributed by atoms with Gasteiger partial charge in [0.2, 0.25) is 5.91 Å². The van der Waals surface area contributed by atoms with Gasteiger partial charge in [-0.2, -0.15) is 4.98 Å². The molecule has 29 heavy (non-hydrogen) atoms. The maximum absolute atomic E-state index is 13.3. The van der Waals surface area contributed by atoms with Crippen LogP contribution in [0.3, 0.4) is 0 Å². The molecule has 2 aliphatic rings. The minimum atomic E-state index is -0.679. The average Bonchev–Trinajstić information content (AvgIpc) is 3.19. The van der Waals surface area contributed by atoms with Crippen molar-refractivity contribution >= 4 is 22.9 Å². The SMILES string of the molecule is O=C(Cn1cccc2c(=O)n(Cc3cccs3)c(=O)nc1-2)Nc1cccc(F)c1. The molecule has 0 unspecified atom stereocenters. The van der Waals surface area contributed by atoms with Gasteiger partial charge in [0.1, 0.15) is 12.4 Å². The summed E-state index contributed by atoms with van der Waals surface area (Å²) in [5.41, 5.74) is -0.594. The van der Waals surface area contributed by atoms with Crippen LogP contribution in [0.4, 0.5) is 10.1 Å². The van der Waals surface area contributed by atoms with Gasteiger partial charge in [0.25, 0.3) is 5.56 Å². The molecule has 0 saturated heterocycles. The molecule has 1 N–H and O–H groups in total. The van der Waals surface area contributed by atoms with E-state index in [0.717, 1.165) is 9.44 Å². The predicted molar refractivity (Wildman–Crippen MR) is 108 cm³/mol. The van der Waals surface area contributed by atoms with E-state index in [1.807, 2.05) is 17.5 Å². The molecule has 3 heterocycles. The number of nitrogens with one attached hydrogen (secondary N) is 1. The molecule has 1 aromatic heterocycles. The minimum Gasteiger partial charge on any atom is -0.324 e. The van der Waals surface area contributed by atoms with E-state index in [1.54, 1.807) is 24.4 Å². The van der Waals surface area contributed by atoms with E-state index in [1.165, 1.54) is 34.1 Å². The monoisotopic (exact) mass is 410 g/mol. The third kappa shape index (κ3) is 3.99. The minimum absolute atomic E-state index is 0.124. The molecular formula is C20H15FN4O3S. The van der Waals surface area contributed by atoms with Gasteiger partial charge in [-0.3, -0.25) is 14.2 Å². The second kappa shape index (κ2) is 7.80. The molecule has 0 aliphatic carbocycles. The van der Waals surface area contributed by atoms with E-state index in [9.17, 15) is 18.8 Å². The van der Waals surface area contributed by atoms with Crippen molar-refractivity contribution in [2.45, 2.75) is 13.1 Å². The summed E-state index contributed by atoms with van der Waals surface area (Å²) in [5, 5.41) is 4.44. The van der Waals surface area contributed by atoms with Gasteiger partial charge in [-0.15, -0.1) is 11.3 Å². The summed E-state index contributed by atoms with van der Waals surface area (Å²) in [6, 6.07) is 12.4. The van der Waals surface area contributed by atoms with Crippen LogP contribution in [0.2, 0.25) is 0 Å². The van der Waals surface area contributed by atoms with Crippen LogP contribution in [-0.4, -0.2) is 20.0 Å². The average molecular weight is 410 g/mol. The molecule has 146 valence electrons. The van der Waals surface area contributed by atoms with E-state index in [0.29, 0.717) is 5.69 Å². The summed E-state index contributed by atoms with van der Waals surface area (Å²) in [6.45, 7) is -0.0398. The lowest BCUT2D eigenvalue weighted by Crippen LogP contribution is -2.38. The number of anilines is 1. The number of carbonyl (C=O) groups is 1. The summed E-state index contributed by atoms with van der Waals surface area (Å²) in [5.74, 6) is -0.783. The molecule has 9 heteroatoms. The standard InChI is InChI=1S/C20H15FN4O3S/c21-13-4-1-5-14(10-13)22-17(26)12-24-8-2-7-16-18(24)23-20(28)25(19(16)27)11-15-6-3-9-29-15/h1-10H,11-12H2,(H,22,26). The van der Waals surface area contributed by atoms with Crippen LogP contribution in [0.5, 0.6) is 0 Å². The van der Waals surface area contributed by atoms with Gasteiger partial charge in [-0.05, 0) is 41.8 Å². The van der Waals surface area contributed by atoms with Crippen molar-refractivity contribution in [2.24, 2.45) is 0 Å². The smallest absolute Gasteiger partial charge is 0.324 e. The third-order valence-electron chi connectivity index (χ3n) is 4.27. The van der Waals surface area contributed by atoms with Crippen LogP contribution in [0.1, 0.15) is 4.88 Å². The van der Waals surface area contributed by atoms with E-state index < -0.39 is 23.0 Å². The molecule has 0 fully saturated rings. The number of benzene rings is 1. The fraction of sp³-hybridized carbons (Fsp3) is 0.100. The zero-order valence-corrected chi connectivity index (χ0v) is 15.9. The fourth-order valence-corrected chi connectivity index (χ4v) is 3.66. The fourth-order valence-electron chi connectivity index (χ4n) is 2.96. The third-order valence-corrected chi connectivity index (χ3v) is 5.13. The Morgan fingerprint density at radius 2 is 2.00 bits per heavy atom. The van der Waals surface area contributed by atoms with Crippen LogP contribution in [0.15, 0.2) is 69.7 Å². The van der Waals surface area contributed by atoms with Gasteiger partial charge in [0.15, 0.2) is 5.82 Å². The van der Waals surface area contributed by atoms with Crippen molar-refractivity contribution in [3.63, 3.8) is 0 Å². The van der Waals surface area contributed by atoms with Crippen molar-refractivity contribution < 1.29 is 9.18 Å². The lowest BCUT2D eigenvalue weighted by Gasteiger charge is -2.15. The van der Waals surface area contributed by atoms with Gasteiger partial charge in [0.05, 0.1) is 12.1 Å². The van der Waals surface area contributed by atoms with Crippen molar-refractivity contribution in [1.29, 1.82) is 0 Å². The number of rotatable bonds is 5. The quantitative estimate of drug-likeness (QED) is 0.547. The number of fused-ring (bicyclic) bond motifs is 1. The van der Waals surface area contributed by atoms with Crippen molar-refractivity contribution in [1.82, 2.24) is 14.1 Å². The van der Waals surface area contributed by atoms with Gasteiger partial charge in [-0.1, -0.05) is 12.1 Å². The topological polar surface area (TPSA) is 86.0 Å². The highest BCUT2D eigenvalue weighted by Gasteiger charge is 2.18. The Balaban J connectivity index is 1.64. The second-order valence-electron chi connectivity index (χ2n) is 6.30. The number of hydrogen-bond donors (Lipinski definition) is 1. The number of amides is 1. The van der Waals surface area contributed by atoms with Gasteiger partial charge in [-0.25, -0.2) is 9.18 Å². The summed E-state index contributed by atoms with van der Waals surface area (Å²) < 4.78 is 15.8. The molecule has 0 atom stereocenters.